The van der Waals surface area contributed by atoms with Gasteiger partial charge in [0.05, 0.1) is 6.04 Å². The van der Waals surface area contributed by atoms with Crippen LogP contribution in [0, 0.1) is 11.6 Å². The molecule has 1 fully saturated rings. The molecule has 19 heavy (non-hydrogen) atoms. The molecule has 0 amide bonds. The molecule has 2 rings (SSSR count). The Morgan fingerprint density at radius 1 is 1.37 bits per heavy atom. The first-order chi connectivity index (χ1) is 8.99. The summed E-state index contributed by atoms with van der Waals surface area (Å²) in [7, 11) is 5.90. The molecular weight excluding hydrogens is 248 g/mol. The molecular formula is C14H21F2N3. The largest absolute Gasteiger partial charge is 0.310 e. The second kappa shape index (κ2) is 5.94. The van der Waals surface area contributed by atoms with Crippen LogP contribution in [0.4, 0.5) is 8.78 Å². The van der Waals surface area contributed by atoms with Crippen LogP contribution < -0.4 is 5.32 Å². The van der Waals surface area contributed by atoms with Gasteiger partial charge < -0.3 is 15.1 Å². The number of halogens is 2. The summed E-state index contributed by atoms with van der Waals surface area (Å²) in [6.45, 7) is 2.72. The minimum absolute atomic E-state index is 0.108. The van der Waals surface area contributed by atoms with E-state index >= 15 is 0 Å². The average Bonchev–Trinajstić information content (AvgIpc) is 2.32. The first kappa shape index (κ1) is 14.4. The Labute approximate surface area is 113 Å². The number of rotatable bonds is 3. The minimum atomic E-state index is -0.535. The molecule has 0 aromatic heterocycles. The molecule has 2 unspecified atom stereocenters. The number of hydrogen-bond donors (Lipinski definition) is 1. The molecule has 1 aliphatic rings. The molecule has 0 saturated carbocycles. The van der Waals surface area contributed by atoms with Gasteiger partial charge in [0.25, 0.3) is 0 Å². The lowest BCUT2D eigenvalue weighted by molar-refractivity contribution is 0.152. The summed E-state index contributed by atoms with van der Waals surface area (Å²) < 4.78 is 27.0. The van der Waals surface area contributed by atoms with E-state index in [1.807, 2.05) is 19.0 Å². The van der Waals surface area contributed by atoms with Crippen LogP contribution in [0.5, 0.6) is 0 Å². The molecule has 1 aliphatic heterocycles. The lowest BCUT2D eigenvalue weighted by Crippen LogP contribution is -2.54. The highest BCUT2D eigenvalue weighted by Crippen LogP contribution is 2.26. The van der Waals surface area contributed by atoms with Gasteiger partial charge in [-0.05, 0) is 27.2 Å². The van der Waals surface area contributed by atoms with E-state index in [9.17, 15) is 8.78 Å². The number of hydrogen-bond acceptors (Lipinski definition) is 3. The molecule has 1 saturated heterocycles. The third-order valence-electron chi connectivity index (χ3n) is 3.63. The Balaban J connectivity index is 2.29. The fraction of sp³-hybridized carbons (Fsp3) is 0.571. The van der Waals surface area contributed by atoms with Crippen molar-refractivity contribution >= 4 is 0 Å². The molecule has 0 bridgehead atoms. The predicted octanol–water partition coefficient (Wildman–Crippen LogP) is 1.47. The summed E-state index contributed by atoms with van der Waals surface area (Å²) in [5.41, 5.74) is 0.541. The monoisotopic (exact) mass is 269 g/mol. The standard InChI is InChI=1S/C14H21F2N3/c1-18(2)14(13-9-19(3)7-6-17-13)11-5-4-10(15)8-12(11)16/h4-5,8,13-14,17H,6-7,9H2,1-3H3. The van der Waals surface area contributed by atoms with Gasteiger partial charge in [-0.2, -0.15) is 0 Å². The highest BCUT2D eigenvalue weighted by Gasteiger charge is 2.30. The van der Waals surface area contributed by atoms with Crippen LogP contribution in [0.2, 0.25) is 0 Å². The maximum atomic E-state index is 14.0. The summed E-state index contributed by atoms with van der Waals surface area (Å²) >= 11 is 0. The molecule has 1 aromatic rings. The number of nitrogens with zero attached hydrogens (tertiary/aromatic N) is 2. The molecule has 3 nitrogen and oxygen atoms in total. The van der Waals surface area contributed by atoms with Gasteiger partial charge in [0.15, 0.2) is 0 Å². The highest BCUT2D eigenvalue weighted by molar-refractivity contribution is 5.24. The Bertz CT molecular complexity index is 437. The number of piperazine rings is 1. The van der Waals surface area contributed by atoms with Crippen molar-refractivity contribution in [1.82, 2.24) is 15.1 Å². The normalized spacial score (nSPS) is 22.7. The topological polar surface area (TPSA) is 18.5 Å². The molecule has 5 heteroatoms. The second-order valence-electron chi connectivity index (χ2n) is 5.40. The Morgan fingerprint density at radius 2 is 2.11 bits per heavy atom. The van der Waals surface area contributed by atoms with Crippen LogP contribution in [0.1, 0.15) is 11.6 Å². The van der Waals surface area contributed by atoms with Crippen LogP contribution in [0.25, 0.3) is 0 Å². The van der Waals surface area contributed by atoms with Gasteiger partial charge in [0.2, 0.25) is 0 Å². The maximum Gasteiger partial charge on any atom is 0.130 e. The van der Waals surface area contributed by atoms with Crippen LogP contribution >= 0.6 is 0 Å². The molecule has 1 heterocycles. The van der Waals surface area contributed by atoms with Crippen LogP contribution in [-0.4, -0.2) is 56.6 Å². The zero-order chi connectivity index (χ0) is 14.0. The Kier molecular flexibility index (Phi) is 4.50. The number of benzene rings is 1. The van der Waals surface area contributed by atoms with Gasteiger partial charge >= 0.3 is 0 Å². The first-order valence-electron chi connectivity index (χ1n) is 6.52. The fourth-order valence-corrected chi connectivity index (χ4v) is 2.74. The van der Waals surface area contributed by atoms with E-state index in [0.29, 0.717) is 5.56 Å². The van der Waals surface area contributed by atoms with Crippen molar-refractivity contribution in [1.29, 1.82) is 0 Å². The van der Waals surface area contributed by atoms with E-state index in [2.05, 4.69) is 17.3 Å². The summed E-state index contributed by atoms with van der Waals surface area (Å²) in [6, 6.07) is 3.85. The van der Waals surface area contributed by atoms with E-state index in [0.717, 1.165) is 25.7 Å². The van der Waals surface area contributed by atoms with Crippen LogP contribution in [0.15, 0.2) is 18.2 Å². The highest BCUT2D eigenvalue weighted by atomic mass is 19.1. The second-order valence-corrected chi connectivity index (χ2v) is 5.40. The van der Waals surface area contributed by atoms with E-state index < -0.39 is 11.6 Å². The van der Waals surface area contributed by atoms with Gasteiger partial charge in [-0.1, -0.05) is 6.07 Å². The zero-order valence-electron chi connectivity index (χ0n) is 11.7. The fourth-order valence-electron chi connectivity index (χ4n) is 2.74. The maximum absolute atomic E-state index is 14.0. The number of likely N-dealkylation sites (N-methyl/N-ethyl adjacent to an activating group) is 2. The number of nitrogens with one attached hydrogen (secondary N) is 1. The average molecular weight is 269 g/mol. The lowest BCUT2D eigenvalue weighted by atomic mass is 9.96. The predicted molar refractivity (Wildman–Crippen MR) is 72.1 cm³/mol. The lowest BCUT2D eigenvalue weighted by Gasteiger charge is -2.39. The van der Waals surface area contributed by atoms with Gasteiger partial charge in [0, 0.05) is 37.3 Å². The van der Waals surface area contributed by atoms with Crippen molar-refractivity contribution in [3.63, 3.8) is 0 Å². The molecule has 1 N–H and O–H groups in total. The van der Waals surface area contributed by atoms with Crippen molar-refractivity contribution in [2.75, 3.05) is 40.8 Å². The summed E-state index contributed by atoms with van der Waals surface area (Å²) in [6.07, 6.45) is 0. The van der Waals surface area contributed by atoms with Gasteiger partial charge in [0.1, 0.15) is 11.6 Å². The van der Waals surface area contributed by atoms with Crippen LogP contribution in [0.3, 0.4) is 0 Å². The zero-order valence-corrected chi connectivity index (χ0v) is 11.7. The summed E-state index contributed by atoms with van der Waals surface area (Å²) in [5.74, 6) is -1.01. The molecule has 0 spiro atoms. The van der Waals surface area contributed by atoms with Gasteiger partial charge in [-0.3, -0.25) is 0 Å². The van der Waals surface area contributed by atoms with Crippen molar-refractivity contribution in [3.8, 4) is 0 Å². The molecule has 0 radical (unpaired) electrons. The summed E-state index contributed by atoms with van der Waals surface area (Å²) in [5, 5.41) is 3.43. The smallest absolute Gasteiger partial charge is 0.130 e. The third kappa shape index (κ3) is 3.29. The van der Waals surface area contributed by atoms with Crippen LogP contribution in [-0.2, 0) is 0 Å². The van der Waals surface area contributed by atoms with E-state index in [-0.39, 0.29) is 12.1 Å². The van der Waals surface area contributed by atoms with Crippen molar-refractivity contribution in [2.45, 2.75) is 12.1 Å². The van der Waals surface area contributed by atoms with E-state index in [4.69, 9.17) is 0 Å². The molecule has 0 aliphatic carbocycles. The third-order valence-corrected chi connectivity index (χ3v) is 3.63. The Morgan fingerprint density at radius 3 is 2.68 bits per heavy atom. The quantitative estimate of drug-likeness (QED) is 0.896. The molecule has 106 valence electrons. The first-order valence-corrected chi connectivity index (χ1v) is 6.52. The van der Waals surface area contributed by atoms with Crippen molar-refractivity contribution in [2.24, 2.45) is 0 Å². The minimum Gasteiger partial charge on any atom is -0.310 e. The molecule has 2 atom stereocenters. The molecule has 1 aromatic carbocycles. The van der Waals surface area contributed by atoms with Gasteiger partial charge in [-0.25, -0.2) is 8.78 Å². The van der Waals surface area contributed by atoms with Crippen molar-refractivity contribution in [3.05, 3.63) is 35.4 Å². The van der Waals surface area contributed by atoms with E-state index in [1.165, 1.54) is 6.07 Å². The Hall–Kier alpha value is -1.04. The van der Waals surface area contributed by atoms with Crippen molar-refractivity contribution < 1.29 is 8.78 Å². The SMILES string of the molecule is CN1CCNC(C(c2ccc(F)cc2F)N(C)C)C1. The van der Waals surface area contributed by atoms with E-state index in [1.54, 1.807) is 6.07 Å². The van der Waals surface area contributed by atoms with Gasteiger partial charge in [-0.15, -0.1) is 0 Å². The summed E-state index contributed by atoms with van der Waals surface area (Å²) in [4.78, 5) is 4.20.